The molecule has 0 bridgehead atoms. The number of ketones is 1. The zero-order valence-electron chi connectivity index (χ0n) is 10.2. The van der Waals surface area contributed by atoms with Gasteiger partial charge in [-0.05, 0) is 30.3 Å². The third kappa shape index (κ3) is 3.39. The first kappa shape index (κ1) is 15.0. The summed E-state index contributed by atoms with van der Waals surface area (Å²) < 4.78 is 24.2. The highest BCUT2D eigenvalue weighted by molar-refractivity contribution is 7.92. The molecule has 0 saturated carbocycles. The minimum absolute atomic E-state index is 0.110. The average Bonchev–Trinajstić information content (AvgIpc) is 2.39. The fraction of sp³-hybridized carbons (Fsp3) is 0.0714. The summed E-state index contributed by atoms with van der Waals surface area (Å²) in [6.07, 6.45) is 0. The summed E-state index contributed by atoms with van der Waals surface area (Å²) in [7, 11) is -3.68. The van der Waals surface area contributed by atoms with Crippen LogP contribution in [0.1, 0.15) is 10.4 Å². The Kier molecular flexibility index (Phi) is 4.48. The van der Waals surface area contributed by atoms with Crippen LogP contribution >= 0.6 is 23.2 Å². The number of sulfone groups is 1. The Labute approximate surface area is 127 Å². The van der Waals surface area contributed by atoms with Crippen LogP contribution in [0.5, 0.6) is 0 Å². The van der Waals surface area contributed by atoms with Crippen molar-refractivity contribution >= 4 is 38.8 Å². The lowest BCUT2D eigenvalue weighted by Crippen LogP contribution is -2.16. The molecule has 0 atom stereocenters. The van der Waals surface area contributed by atoms with Gasteiger partial charge >= 0.3 is 0 Å². The van der Waals surface area contributed by atoms with Crippen LogP contribution in [-0.4, -0.2) is 20.0 Å². The molecule has 3 nitrogen and oxygen atoms in total. The molecule has 0 saturated heterocycles. The number of hydrogen-bond donors (Lipinski definition) is 0. The Morgan fingerprint density at radius 2 is 1.65 bits per heavy atom. The molecular weight excluding hydrogens is 319 g/mol. The van der Waals surface area contributed by atoms with E-state index in [-0.39, 0.29) is 15.5 Å². The summed E-state index contributed by atoms with van der Waals surface area (Å²) in [5, 5.41) is 0.531. The van der Waals surface area contributed by atoms with Crippen LogP contribution in [0, 0.1) is 0 Å². The maximum Gasteiger partial charge on any atom is 0.185 e. The molecule has 20 heavy (non-hydrogen) atoms. The molecule has 2 aromatic carbocycles. The van der Waals surface area contributed by atoms with E-state index < -0.39 is 21.4 Å². The number of carbonyl (C=O) groups is 1. The van der Waals surface area contributed by atoms with Crippen molar-refractivity contribution in [3.8, 4) is 0 Å². The highest BCUT2D eigenvalue weighted by Gasteiger charge is 2.21. The maximum absolute atomic E-state index is 12.1. The first-order valence-electron chi connectivity index (χ1n) is 5.66. The van der Waals surface area contributed by atoms with Crippen LogP contribution < -0.4 is 0 Å². The van der Waals surface area contributed by atoms with Crippen molar-refractivity contribution in [2.24, 2.45) is 0 Å². The van der Waals surface area contributed by atoms with Crippen molar-refractivity contribution in [3.63, 3.8) is 0 Å². The van der Waals surface area contributed by atoms with Gasteiger partial charge in [-0.25, -0.2) is 8.42 Å². The fourth-order valence-electron chi connectivity index (χ4n) is 1.68. The lowest BCUT2D eigenvalue weighted by molar-refractivity contribution is 0.102. The summed E-state index contributed by atoms with van der Waals surface area (Å²) in [5.41, 5.74) is 0.149. The van der Waals surface area contributed by atoms with Gasteiger partial charge in [0, 0.05) is 10.6 Å². The zero-order chi connectivity index (χ0) is 14.8. The Morgan fingerprint density at radius 3 is 2.25 bits per heavy atom. The van der Waals surface area contributed by atoms with Gasteiger partial charge < -0.3 is 0 Å². The molecule has 0 aliphatic rings. The molecule has 0 unspecified atom stereocenters. The second-order valence-corrected chi connectivity index (χ2v) is 6.95. The standard InChI is InChI=1S/C14H10Cl2O3S/c15-10-6-7-12(13(16)8-10)14(17)9-20(18,19)11-4-2-1-3-5-11/h1-8H,9H2. The first-order valence-corrected chi connectivity index (χ1v) is 8.07. The highest BCUT2D eigenvalue weighted by atomic mass is 35.5. The van der Waals surface area contributed by atoms with Crippen LogP contribution in [0.25, 0.3) is 0 Å². The Morgan fingerprint density at radius 1 is 1.00 bits per heavy atom. The van der Waals surface area contributed by atoms with Crippen molar-refractivity contribution in [1.29, 1.82) is 0 Å². The van der Waals surface area contributed by atoms with Crippen LogP contribution in [0.3, 0.4) is 0 Å². The van der Waals surface area contributed by atoms with Crippen molar-refractivity contribution in [2.45, 2.75) is 4.90 Å². The third-order valence-electron chi connectivity index (χ3n) is 2.65. The van der Waals surface area contributed by atoms with Crippen molar-refractivity contribution in [2.75, 3.05) is 5.75 Å². The van der Waals surface area contributed by atoms with E-state index in [2.05, 4.69) is 0 Å². The minimum Gasteiger partial charge on any atom is -0.293 e. The second kappa shape index (κ2) is 5.95. The number of hydrogen-bond acceptors (Lipinski definition) is 3. The number of Topliss-reactive ketones (excluding diaryl/α,β-unsaturated/α-hetero) is 1. The quantitative estimate of drug-likeness (QED) is 0.805. The van der Waals surface area contributed by atoms with E-state index in [0.717, 1.165) is 0 Å². The normalized spacial score (nSPS) is 11.3. The van der Waals surface area contributed by atoms with Gasteiger partial charge in [-0.3, -0.25) is 4.79 Å². The fourth-order valence-corrected chi connectivity index (χ4v) is 3.43. The molecule has 0 aromatic heterocycles. The van der Waals surface area contributed by atoms with Gasteiger partial charge in [0.05, 0.1) is 9.92 Å². The maximum atomic E-state index is 12.1. The predicted octanol–water partition coefficient (Wildman–Crippen LogP) is 3.65. The van der Waals surface area contributed by atoms with E-state index in [1.165, 1.54) is 30.3 Å². The van der Waals surface area contributed by atoms with Crippen LogP contribution in [0.2, 0.25) is 10.0 Å². The van der Waals surface area contributed by atoms with Gasteiger partial charge in [0.15, 0.2) is 15.6 Å². The molecule has 0 N–H and O–H groups in total. The van der Waals surface area contributed by atoms with Gasteiger partial charge in [0.2, 0.25) is 0 Å². The average molecular weight is 329 g/mol. The molecule has 0 spiro atoms. The molecule has 0 aliphatic carbocycles. The molecule has 2 aromatic rings. The van der Waals surface area contributed by atoms with Crippen molar-refractivity contribution in [1.82, 2.24) is 0 Å². The van der Waals surface area contributed by atoms with Gasteiger partial charge in [-0.15, -0.1) is 0 Å². The molecule has 0 fully saturated rings. The molecule has 0 radical (unpaired) electrons. The summed E-state index contributed by atoms with van der Waals surface area (Å²) in [5.74, 6) is -1.19. The topological polar surface area (TPSA) is 51.2 Å². The molecule has 0 aliphatic heterocycles. The Balaban J connectivity index is 2.28. The van der Waals surface area contributed by atoms with E-state index in [9.17, 15) is 13.2 Å². The second-order valence-electron chi connectivity index (χ2n) is 4.12. The largest absolute Gasteiger partial charge is 0.293 e. The predicted molar refractivity (Wildman–Crippen MR) is 79.3 cm³/mol. The Hall–Kier alpha value is -1.36. The number of carbonyl (C=O) groups excluding carboxylic acids is 1. The first-order chi connectivity index (χ1) is 9.40. The van der Waals surface area contributed by atoms with Crippen molar-refractivity contribution < 1.29 is 13.2 Å². The van der Waals surface area contributed by atoms with E-state index in [1.807, 2.05) is 0 Å². The summed E-state index contributed by atoms with van der Waals surface area (Å²) >= 11 is 11.6. The molecule has 2 rings (SSSR count). The van der Waals surface area contributed by atoms with Crippen LogP contribution in [-0.2, 0) is 9.84 Å². The lowest BCUT2D eigenvalue weighted by atomic mass is 10.1. The molecule has 6 heteroatoms. The van der Waals surface area contributed by atoms with E-state index >= 15 is 0 Å². The molecule has 104 valence electrons. The lowest BCUT2D eigenvalue weighted by Gasteiger charge is -2.06. The third-order valence-corrected chi connectivity index (χ3v) is 4.84. The van der Waals surface area contributed by atoms with E-state index in [4.69, 9.17) is 23.2 Å². The zero-order valence-corrected chi connectivity index (χ0v) is 12.5. The molecule has 0 amide bonds. The van der Waals surface area contributed by atoms with E-state index in [0.29, 0.717) is 5.02 Å². The van der Waals surface area contributed by atoms with Gasteiger partial charge in [0.1, 0.15) is 5.75 Å². The summed E-state index contributed by atoms with van der Waals surface area (Å²) in [6.45, 7) is 0. The van der Waals surface area contributed by atoms with Gasteiger partial charge in [-0.2, -0.15) is 0 Å². The molecular formula is C14H10Cl2O3S. The summed E-state index contributed by atoms with van der Waals surface area (Å²) in [6, 6.07) is 12.1. The Bertz CT molecular complexity index is 740. The van der Waals surface area contributed by atoms with Gasteiger partial charge in [-0.1, -0.05) is 41.4 Å². The number of rotatable bonds is 4. The number of benzene rings is 2. The monoisotopic (exact) mass is 328 g/mol. The smallest absolute Gasteiger partial charge is 0.185 e. The van der Waals surface area contributed by atoms with Crippen LogP contribution in [0.4, 0.5) is 0 Å². The van der Waals surface area contributed by atoms with Crippen molar-refractivity contribution in [3.05, 3.63) is 64.1 Å². The van der Waals surface area contributed by atoms with Gasteiger partial charge in [0.25, 0.3) is 0 Å². The SMILES string of the molecule is O=C(CS(=O)(=O)c1ccccc1)c1ccc(Cl)cc1Cl. The highest BCUT2D eigenvalue weighted by Crippen LogP contribution is 2.22. The number of halogens is 2. The summed E-state index contributed by atoms with van der Waals surface area (Å²) in [4.78, 5) is 12.2. The van der Waals surface area contributed by atoms with Crippen LogP contribution in [0.15, 0.2) is 53.4 Å². The van der Waals surface area contributed by atoms with E-state index in [1.54, 1.807) is 18.2 Å². The minimum atomic E-state index is -3.68. The molecule has 0 heterocycles.